The number of aromatic amines is 1. The van der Waals surface area contributed by atoms with E-state index in [0.717, 1.165) is 9.71 Å². The van der Waals surface area contributed by atoms with Crippen molar-refractivity contribution in [1.82, 2.24) is 9.97 Å². The monoisotopic (exact) mass is 304 g/mol. The van der Waals surface area contributed by atoms with Gasteiger partial charge in [0.05, 0.1) is 32.7 Å². The highest BCUT2D eigenvalue weighted by Crippen LogP contribution is 2.27. The molecule has 0 fully saturated rings. The number of pyridine rings is 1. The smallest absolute Gasteiger partial charge is 0.434 e. The summed E-state index contributed by atoms with van der Waals surface area (Å²) in [5.41, 5.74) is 0.882. The van der Waals surface area contributed by atoms with E-state index >= 15 is 0 Å². The first kappa shape index (κ1) is 13.6. The number of nitrogens with zero attached hydrogens (tertiary/aromatic N) is 1. The van der Waals surface area contributed by atoms with Crippen molar-refractivity contribution in [2.24, 2.45) is 0 Å². The maximum absolute atomic E-state index is 12.5. The molecule has 0 amide bonds. The van der Waals surface area contributed by atoms with Crippen LogP contribution in [0.4, 0.5) is 4.79 Å². The van der Waals surface area contributed by atoms with Crippen molar-refractivity contribution in [3.05, 3.63) is 33.6 Å². The number of nitrogens with one attached hydrogen (secondary N) is 1. The van der Waals surface area contributed by atoms with Gasteiger partial charge >= 0.3 is 6.16 Å². The third-order valence-corrected chi connectivity index (χ3v) is 3.87. The highest BCUT2D eigenvalue weighted by Gasteiger charge is 2.15. The van der Waals surface area contributed by atoms with Crippen LogP contribution in [0, 0.1) is 6.92 Å². The maximum atomic E-state index is 12.5. The lowest BCUT2D eigenvalue weighted by Gasteiger charge is -2.05. The number of hydrogen-bond acceptors (Lipinski definition) is 6. The summed E-state index contributed by atoms with van der Waals surface area (Å²) < 4.78 is 10.5. The van der Waals surface area contributed by atoms with E-state index in [4.69, 9.17) is 4.74 Å². The van der Waals surface area contributed by atoms with Crippen LogP contribution >= 0.6 is 11.3 Å². The van der Waals surface area contributed by atoms with Gasteiger partial charge in [-0.15, -0.1) is 11.3 Å². The fourth-order valence-corrected chi connectivity index (χ4v) is 2.94. The van der Waals surface area contributed by atoms with E-state index in [1.54, 1.807) is 6.92 Å². The molecule has 108 valence electrons. The van der Waals surface area contributed by atoms with E-state index in [9.17, 15) is 9.59 Å². The fourth-order valence-electron chi connectivity index (χ4n) is 2.10. The standard InChI is InChI=1S/C14H12N2O4S/c1-3-19-14(18)20-9-6-15-8-4-5-10-12(11(8)13(9)17)16-7(2)21-10/h4-6H,3H2,1-2H3,(H,15,17). The van der Waals surface area contributed by atoms with Gasteiger partial charge in [0.2, 0.25) is 5.43 Å². The summed E-state index contributed by atoms with van der Waals surface area (Å²) in [5, 5.41) is 1.28. The molecule has 7 heteroatoms. The molecule has 0 unspecified atom stereocenters. The molecule has 0 aliphatic rings. The van der Waals surface area contributed by atoms with Crippen molar-refractivity contribution < 1.29 is 14.3 Å². The number of benzene rings is 1. The van der Waals surface area contributed by atoms with Crippen molar-refractivity contribution in [1.29, 1.82) is 0 Å². The number of hydrogen-bond donors (Lipinski definition) is 1. The number of H-pyrrole nitrogens is 1. The number of ether oxygens (including phenoxy) is 2. The molecule has 3 aromatic rings. The molecule has 0 saturated carbocycles. The number of carbonyl (C=O) groups excluding carboxylic acids is 1. The van der Waals surface area contributed by atoms with Crippen molar-refractivity contribution in [2.45, 2.75) is 13.8 Å². The predicted octanol–water partition coefficient (Wildman–Crippen LogP) is 2.98. The summed E-state index contributed by atoms with van der Waals surface area (Å²) in [6, 6.07) is 3.72. The van der Waals surface area contributed by atoms with Gasteiger partial charge in [-0.25, -0.2) is 9.78 Å². The molecule has 0 aliphatic carbocycles. The Morgan fingerprint density at radius 2 is 2.24 bits per heavy atom. The molecule has 2 aromatic heterocycles. The Hall–Kier alpha value is -2.41. The topological polar surface area (TPSA) is 81.3 Å². The molecule has 0 atom stereocenters. The predicted molar refractivity (Wildman–Crippen MR) is 80.1 cm³/mol. The number of fused-ring (bicyclic) bond motifs is 3. The third kappa shape index (κ3) is 2.36. The number of carbonyl (C=O) groups is 1. The van der Waals surface area contributed by atoms with Gasteiger partial charge < -0.3 is 14.5 Å². The van der Waals surface area contributed by atoms with E-state index < -0.39 is 6.16 Å². The summed E-state index contributed by atoms with van der Waals surface area (Å²) in [7, 11) is 0. The van der Waals surface area contributed by atoms with Crippen molar-refractivity contribution >= 4 is 38.6 Å². The molecule has 3 rings (SSSR count). The van der Waals surface area contributed by atoms with E-state index in [2.05, 4.69) is 14.7 Å². The van der Waals surface area contributed by atoms with Gasteiger partial charge in [-0.2, -0.15) is 0 Å². The molecular formula is C14H12N2O4S. The largest absolute Gasteiger partial charge is 0.514 e. The fraction of sp³-hybridized carbons (Fsp3) is 0.214. The Balaban J connectivity index is 2.21. The lowest BCUT2D eigenvalue weighted by atomic mass is 10.2. The van der Waals surface area contributed by atoms with Crippen molar-refractivity contribution in [2.75, 3.05) is 6.61 Å². The first-order valence-corrected chi connectivity index (χ1v) is 7.18. The Bertz CT molecular complexity index is 897. The van der Waals surface area contributed by atoms with E-state index in [1.807, 2.05) is 19.1 Å². The van der Waals surface area contributed by atoms with E-state index in [1.165, 1.54) is 17.5 Å². The van der Waals surface area contributed by atoms with Gasteiger partial charge in [-0.05, 0) is 26.0 Å². The molecule has 1 aromatic carbocycles. The average Bonchev–Trinajstić information content (AvgIpc) is 2.82. The normalized spacial score (nSPS) is 11.0. The zero-order chi connectivity index (χ0) is 15.0. The van der Waals surface area contributed by atoms with Gasteiger partial charge in [-0.3, -0.25) is 4.79 Å². The zero-order valence-electron chi connectivity index (χ0n) is 11.4. The Morgan fingerprint density at radius 1 is 1.43 bits per heavy atom. The van der Waals surface area contributed by atoms with Crippen LogP contribution in [0.3, 0.4) is 0 Å². The second kappa shape index (κ2) is 5.17. The second-order valence-electron chi connectivity index (χ2n) is 4.33. The minimum absolute atomic E-state index is 0.0981. The lowest BCUT2D eigenvalue weighted by Crippen LogP contribution is -2.16. The van der Waals surface area contributed by atoms with E-state index in [0.29, 0.717) is 16.4 Å². The van der Waals surface area contributed by atoms with Crippen LogP contribution in [0.25, 0.3) is 21.1 Å². The quantitative estimate of drug-likeness (QED) is 0.736. The van der Waals surface area contributed by atoms with Gasteiger partial charge in [0.1, 0.15) is 0 Å². The first-order chi connectivity index (χ1) is 10.1. The molecule has 0 radical (unpaired) electrons. The van der Waals surface area contributed by atoms with Crippen LogP contribution in [-0.2, 0) is 4.74 Å². The van der Waals surface area contributed by atoms with Crippen LogP contribution in [0.5, 0.6) is 5.75 Å². The van der Waals surface area contributed by atoms with Crippen molar-refractivity contribution in [3.63, 3.8) is 0 Å². The van der Waals surface area contributed by atoms with Crippen molar-refractivity contribution in [3.8, 4) is 5.75 Å². The summed E-state index contributed by atoms with van der Waals surface area (Å²) in [4.78, 5) is 31.2. The van der Waals surface area contributed by atoms with Gasteiger partial charge in [0, 0.05) is 6.20 Å². The summed E-state index contributed by atoms with van der Waals surface area (Å²) in [5.74, 6) is -0.0981. The number of rotatable bonds is 2. The average molecular weight is 304 g/mol. The highest BCUT2D eigenvalue weighted by atomic mass is 32.1. The minimum atomic E-state index is -0.899. The zero-order valence-corrected chi connectivity index (χ0v) is 12.2. The molecule has 21 heavy (non-hydrogen) atoms. The van der Waals surface area contributed by atoms with Crippen LogP contribution in [0.15, 0.2) is 23.1 Å². The van der Waals surface area contributed by atoms with Crippen LogP contribution < -0.4 is 10.2 Å². The maximum Gasteiger partial charge on any atom is 0.514 e. The molecule has 0 spiro atoms. The van der Waals surface area contributed by atoms with Gasteiger partial charge in [0.15, 0.2) is 5.75 Å². The number of aryl methyl sites for hydroxylation is 1. The van der Waals surface area contributed by atoms with Crippen LogP contribution in [-0.4, -0.2) is 22.7 Å². The van der Waals surface area contributed by atoms with Gasteiger partial charge in [0.25, 0.3) is 0 Å². The molecule has 2 heterocycles. The van der Waals surface area contributed by atoms with Crippen LogP contribution in [0.2, 0.25) is 0 Å². The Morgan fingerprint density at radius 3 is 3.00 bits per heavy atom. The third-order valence-electron chi connectivity index (χ3n) is 2.93. The first-order valence-electron chi connectivity index (χ1n) is 6.36. The second-order valence-corrected chi connectivity index (χ2v) is 5.57. The van der Waals surface area contributed by atoms with Gasteiger partial charge in [-0.1, -0.05) is 0 Å². The summed E-state index contributed by atoms with van der Waals surface area (Å²) >= 11 is 1.51. The highest BCUT2D eigenvalue weighted by molar-refractivity contribution is 7.18. The summed E-state index contributed by atoms with van der Waals surface area (Å²) in [6.45, 7) is 3.72. The number of aromatic nitrogens is 2. The van der Waals surface area contributed by atoms with E-state index in [-0.39, 0.29) is 17.8 Å². The van der Waals surface area contributed by atoms with Crippen LogP contribution in [0.1, 0.15) is 11.9 Å². The molecule has 1 N–H and O–H groups in total. The molecule has 0 bridgehead atoms. The Labute approximate surface area is 123 Å². The molecule has 0 aliphatic heterocycles. The summed E-state index contributed by atoms with van der Waals surface area (Å²) in [6.07, 6.45) is 0.455. The molecular weight excluding hydrogens is 292 g/mol. The number of thiazole rings is 1. The lowest BCUT2D eigenvalue weighted by molar-refractivity contribution is 0.104. The Kier molecular flexibility index (Phi) is 3.34. The minimum Gasteiger partial charge on any atom is -0.434 e. The SMILES string of the molecule is CCOC(=O)Oc1c[nH]c2ccc3sc(C)nc3c2c1=O. The molecule has 6 nitrogen and oxygen atoms in total. The molecule has 0 saturated heterocycles.